The molecule has 0 spiro atoms. The lowest BCUT2D eigenvalue weighted by molar-refractivity contribution is -0.137. The van der Waals surface area contributed by atoms with E-state index in [1.54, 1.807) is 0 Å². The van der Waals surface area contributed by atoms with Crippen LogP contribution < -0.4 is 33.0 Å². The second-order valence-corrected chi connectivity index (χ2v) is 6.26. The zero-order chi connectivity index (χ0) is 22.4. The van der Waals surface area contributed by atoms with Crippen molar-refractivity contribution in [2.45, 2.75) is 12.4 Å². The Morgan fingerprint density at radius 3 is 1.27 bits per heavy atom. The zero-order valence-corrected chi connectivity index (χ0v) is 14.7. The van der Waals surface area contributed by atoms with Gasteiger partial charge >= 0.3 is 12.4 Å². The molecule has 3 aromatic rings. The van der Waals surface area contributed by atoms with Gasteiger partial charge in [0.15, 0.2) is 0 Å². The molecule has 0 aliphatic rings. The highest BCUT2D eigenvalue weighted by atomic mass is 19.4. The number of anilines is 6. The highest BCUT2D eigenvalue weighted by Crippen LogP contribution is 2.37. The van der Waals surface area contributed by atoms with Crippen LogP contribution in [-0.2, 0) is 12.4 Å². The van der Waals surface area contributed by atoms with Crippen LogP contribution >= 0.6 is 0 Å². The van der Waals surface area contributed by atoms with E-state index in [-0.39, 0.29) is 11.4 Å². The minimum atomic E-state index is -4.76. The third-order valence-corrected chi connectivity index (χ3v) is 4.17. The first kappa shape index (κ1) is 21.0. The van der Waals surface area contributed by atoms with E-state index in [0.29, 0.717) is 12.1 Å². The van der Waals surface area contributed by atoms with E-state index in [0.717, 1.165) is 24.3 Å². The number of nitrogen functional groups attached to an aromatic ring is 2. The summed E-state index contributed by atoms with van der Waals surface area (Å²) in [5, 5.41) is 4.74. The van der Waals surface area contributed by atoms with Gasteiger partial charge in [-0.25, -0.2) is 0 Å². The van der Waals surface area contributed by atoms with Crippen molar-refractivity contribution >= 4 is 34.1 Å². The predicted molar refractivity (Wildman–Crippen MR) is 99.6 cm³/mol. The van der Waals surface area contributed by atoms with Crippen LogP contribution in [0.4, 0.5) is 60.5 Å². The summed E-state index contributed by atoms with van der Waals surface area (Å²) in [5.74, 6) is 0. The molecule has 0 aromatic heterocycles. The minimum absolute atomic E-state index is 0.194. The van der Waals surface area contributed by atoms with Crippen molar-refractivity contribution in [3.63, 3.8) is 0 Å². The summed E-state index contributed by atoms with van der Waals surface area (Å²) in [6.07, 6.45) is -9.51. The van der Waals surface area contributed by atoms with Crippen LogP contribution in [0.2, 0.25) is 0 Å². The normalized spacial score (nSPS) is 12.2. The monoisotopic (exact) mass is 430 g/mol. The maximum Gasteiger partial charge on any atom is 0.418 e. The van der Waals surface area contributed by atoms with Crippen molar-refractivity contribution in [2.24, 2.45) is 0 Å². The Bertz CT molecular complexity index is 1100. The van der Waals surface area contributed by atoms with Crippen LogP contribution in [0.25, 0.3) is 0 Å². The summed E-state index contributed by atoms with van der Waals surface area (Å²) in [7, 11) is 0. The fourth-order valence-electron chi connectivity index (χ4n) is 2.68. The van der Waals surface area contributed by atoms with E-state index < -0.39 is 57.1 Å². The van der Waals surface area contributed by atoms with Crippen molar-refractivity contribution in [2.75, 3.05) is 22.1 Å². The van der Waals surface area contributed by atoms with Gasteiger partial charge in [0, 0.05) is 22.7 Å². The van der Waals surface area contributed by atoms with E-state index in [4.69, 9.17) is 11.5 Å². The Kier molecular flexibility index (Phi) is 4.88. The number of rotatable bonds is 4. The maximum absolute atomic E-state index is 13.0. The molecule has 0 fully saturated rings. The van der Waals surface area contributed by atoms with Gasteiger partial charge in [-0.2, -0.15) is 26.3 Å². The van der Waals surface area contributed by atoms with E-state index in [1.807, 2.05) is 0 Å². The van der Waals surface area contributed by atoms with Gasteiger partial charge in [-0.05, 0) is 36.4 Å². The smallest absolute Gasteiger partial charge is 0.398 e. The molecule has 0 bridgehead atoms. The number of hydrogen-bond donors (Lipinski definition) is 4. The molecule has 6 N–H and O–H groups in total. The van der Waals surface area contributed by atoms with Crippen molar-refractivity contribution in [1.29, 1.82) is 0 Å². The van der Waals surface area contributed by atoms with Gasteiger partial charge in [0.2, 0.25) is 0 Å². The largest absolute Gasteiger partial charge is 0.418 e. The topological polar surface area (TPSA) is 110 Å². The lowest BCUT2D eigenvalue weighted by atomic mass is 10.1. The highest BCUT2D eigenvalue weighted by Gasteiger charge is 2.34. The van der Waals surface area contributed by atoms with Gasteiger partial charge in [-0.1, -0.05) is 0 Å². The van der Waals surface area contributed by atoms with Crippen molar-refractivity contribution in [3.05, 3.63) is 68.0 Å². The summed E-state index contributed by atoms with van der Waals surface area (Å²) < 4.78 is 77.9. The molecule has 3 aromatic carbocycles. The highest BCUT2D eigenvalue weighted by molar-refractivity contribution is 5.83. The second kappa shape index (κ2) is 6.97. The van der Waals surface area contributed by atoms with E-state index >= 15 is 0 Å². The van der Waals surface area contributed by atoms with E-state index in [1.165, 1.54) is 0 Å². The first-order valence-corrected chi connectivity index (χ1v) is 8.10. The van der Waals surface area contributed by atoms with Crippen LogP contribution in [-0.4, -0.2) is 0 Å². The third-order valence-electron chi connectivity index (χ3n) is 4.17. The molecule has 3 rings (SSSR count). The molecule has 0 saturated carbocycles. The minimum Gasteiger partial charge on any atom is -0.398 e. The fourth-order valence-corrected chi connectivity index (χ4v) is 2.68. The van der Waals surface area contributed by atoms with Gasteiger partial charge < -0.3 is 22.1 Å². The number of hydrogen-bond acceptors (Lipinski definition) is 6. The summed E-state index contributed by atoms with van der Waals surface area (Å²) in [6.45, 7) is 0. The van der Waals surface area contributed by atoms with Gasteiger partial charge in [0.25, 0.3) is 10.9 Å². The SMILES string of the molecule is Nc1ccc(Nc2c(Nc3ccc(N)c(C(F)(F)F)c3)c(=O)c2=O)cc1C(F)(F)F. The van der Waals surface area contributed by atoms with Crippen molar-refractivity contribution in [3.8, 4) is 0 Å². The molecule has 0 saturated heterocycles. The Morgan fingerprint density at radius 1 is 0.633 bits per heavy atom. The van der Waals surface area contributed by atoms with Gasteiger partial charge in [0.1, 0.15) is 11.4 Å². The molecule has 0 aliphatic carbocycles. The predicted octanol–water partition coefficient (Wildman–Crippen LogP) is 3.97. The molecule has 0 radical (unpaired) electrons. The number of nitrogens with two attached hydrogens (primary N) is 2. The summed E-state index contributed by atoms with van der Waals surface area (Å²) in [5.41, 5.74) is 3.91. The number of nitrogens with one attached hydrogen (secondary N) is 2. The Labute approximate surface area is 163 Å². The molecule has 0 heterocycles. The third kappa shape index (κ3) is 3.88. The molecule has 0 aliphatic heterocycles. The number of halogens is 6. The molecular formula is C18H12F6N4O2. The van der Waals surface area contributed by atoms with Crippen LogP contribution in [0.15, 0.2) is 46.0 Å². The molecule has 30 heavy (non-hydrogen) atoms. The molecule has 0 atom stereocenters. The van der Waals surface area contributed by atoms with Gasteiger partial charge in [0.05, 0.1) is 11.1 Å². The zero-order valence-electron chi connectivity index (χ0n) is 14.7. The molecule has 0 unspecified atom stereocenters. The molecule has 158 valence electrons. The van der Waals surface area contributed by atoms with Crippen molar-refractivity contribution in [1.82, 2.24) is 0 Å². The summed E-state index contributed by atoms with van der Waals surface area (Å²) in [4.78, 5) is 23.7. The first-order chi connectivity index (χ1) is 13.8. The van der Waals surface area contributed by atoms with Crippen LogP contribution in [0.3, 0.4) is 0 Å². The van der Waals surface area contributed by atoms with E-state index in [2.05, 4.69) is 10.6 Å². The first-order valence-electron chi connectivity index (χ1n) is 8.10. The van der Waals surface area contributed by atoms with Crippen LogP contribution in [0.1, 0.15) is 11.1 Å². The molecular weight excluding hydrogens is 418 g/mol. The molecule has 6 nitrogen and oxygen atoms in total. The average molecular weight is 430 g/mol. The summed E-state index contributed by atoms with van der Waals surface area (Å²) >= 11 is 0. The average Bonchev–Trinajstić information content (AvgIpc) is 2.64. The standard InChI is InChI=1S/C18H12F6N4O2/c19-17(20,21)9-5-7(1-3-11(9)25)27-13-14(16(30)15(13)29)28-8-2-4-12(26)10(6-8)18(22,23)24/h1-6,27-28H,25-26H2. The number of alkyl halides is 6. The van der Waals surface area contributed by atoms with Gasteiger partial charge in [-0.15, -0.1) is 0 Å². The van der Waals surface area contributed by atoms with Crippen LogP contribution in [0, 0.1) is 0 Å². The Balaban J connectivity index is 1.93. The lowest BCUT2D eigenvalue weighted by Crippen LogP contribution is -2.35. The van der Waals surface area contributed by atoms with Crippen molar-refractivity contribution < 1.29 is 26.3 Å². The van der Waals surface area contributed by atoms with E-state index in [9.17, 15) is 35.9 Å². The second-order valence-electron chi connectivity index (χ2n) is 6.26. The number of benzene rings is 2. The fraction of sp³-hybridized carbons (Fsp3) is 0.111. The molecule has 0 amide bonds. The van der Waals surface area contributed by atoms with Gasteiger partial charge in [-0.3, -0.25) is 9.59 Å². The van der Waals surface area contributed by atoms with Crippen LogP contribution in [0.5, 0.6) is 0 Å². The quantitative estimate of drug-likeness (QED) is 0.283. The molecule has 12 heteroatoms. The summed E-state index contributed by atoms with van der Waals surface area (Å²) in [6, 6.07) is 5.49. The Hall–Kier alpha value is -3.70. The maximum atomic E-state index is 13.0. The Morgan fingerprint density at radius 2 is 0.967 bits per heavy atom. The lowest BCUT2D eigenvalue weighted by Gasteiger charge is -2.18.